The zero-order chi connectivity index (χ0) is 20.0. The first-order valence-corrected chi connectivity index (χ1v) is 11.0. The number of carbonyl (C=O) groups excluding carboxylic acids is 1. The second kappa shape index (κ2) is 9.47. The van der Waals surface area contributed by atoms with E-state index in [4.69, 9.17) is 9.47 Å². The molecule has 0 aliphatic carbocycles. The van der Waals surface area contributed by atoms with Gasteiger partial charge < -0.3 is 9.47 Å². The molecule has 1 saturated heterocycles. The van der Waals surface area contributed by atoms with Crippen molar-refractivity contribution in [2.45, 2.75) is 11.5 Å². The lowest BCUT2D eigenvalue weighted by atomic mass is 10.2. The minimum atomic E-state index is -3.52. The molecule has 1 aliphatic heterocycles. The van der Waals surface area contributed by atoms with Gasteiger partial charge in [-0.25, -0.2) is 13.2 Å². The average Bonchev–Trinajstić information content (AvgIpc) is 2.73. The number of benzene rings is 2. The van der Waals surface area contributed by atoms with Crippen molar-refractivity contribution in [1.82, 2.24) is 4.31 Å². The molecule has 0 N–H and O–H groups in total. The Morgan fingerprint density at radius 3 is 2.36 bits per heavy atom. The molecule has 0 amide bonds. The summed E-state index contributed by atoms with van der Waals surface area (Å²) in [6, 6.07) is 13.9. The first-order chi connectivity index (χ1) is 13.4. The Morgan fingerprint density at radius 2 is 1.71 bits per heavy atom. The van der Waals surface area contributed by atoms with Gasteiger partial charge in [0.05, 0.1) is 18.1 Å². The maximum Gasteiger partial charge on any atom is 0.331 e. The third-order valence-electron chi connectivity index (χ3n) is 4.19. The van der Waals surface area contributed by atoms with Crippen LogP contribution in [-0.2, 0) is 30.9 Å². The van der Waals surface area contributed by atoms with Crippen LogP contribution in [0.4, 0.5) is 0 Å². The van der Waals surface area contributed by atoms with Crippen LogP contribution < -0.4 is 0 Å². The molecule has 1 fully saturated rings. The largest absolute Gasteiger partial charge is 0.458 e. The van der Waals surface area contributed by atoms with E-state index in [1.54, 1.807) is 18.2 Å². The van der Waals surface area contributed by atoms with Gasteiger partial charge in [-0.05, 0) is 41.5 Å². The minimum absolute atomic E-state index is 0.188. The highest BCUT2D eigenvalue weighted by Crippen LogP contribution is 2.18. The van der Waals surface area contributed by atoms with Gasteiger partial charge in [0, 0.05) is 23.6 Å². The summed E-state index contributed by atoms with van der Waals surface area (Å²) >= 11 is 3.35. The van der Waals surface area contributed by atoms with E-state index in [1.165, 1.54) is 22.5 Å². The molecular weight excluding hydrogens is 446 g/mol. The number of rotatable bonds is 6. The van der Waals surface area contributed by atoms with E-state index >= 15 is 0 Å². The third-order valence-corrected chi connectivity index (χ3v) is 6.64. The highest BCUT2D eigenvalue weighted by molar-refractivity contribution is 9.10. The van der Waals surface area contributed by atoms with Gasteiger partial charge in [0.25, 0.3) is 0 Å². The number of hydrogen-bond donors (Lipinski definition) is 0. The SMILES string of the molecule is O=C(C=Cc1ccc(S(=O)(=O)N2CCOCC2)cc1)OCc1ccc(Br)cc1. The van der Waals surface area contributed by atoms with Gasteiger partial charge in [-0.2, -0.15) is 4.31 Å². The molecule has 0 saturated carbocycles. The number of nitrogens with zero attached hydrogens (tertiary/aromatic N) is 1. The standard InChI is InChI=1S/C20H20BrNO5S/c21-18-6-1-17(2-7-18)15-27-20(23)10-5-16-3-8-19(9-4-16)28(24,25)22-11-13-26-14-12-22/h1-10H,11-15H2. The number of morpholine rings is 1. The minimum Gasteiger partial charge on any atom is -0.458 e. The van der Waals surface area contributed by atoms with E-state index in [0.717, 1.165) is 10.0 Å². The molecule has 0 radical (unpaired) electrons. The van der Waals surface area contributed by atoms with Crippen molar-refractivity contribution in [3.05, 3.63) is 70.2 Å². The van der Waals surface area contributed by atoms with Crippen LogP contribution in [0.1, 0.15) is 11.1 Å². The third kappa shape index (κ3) is 5.51. The molecule has 28 heavy (non-hydrogen) atoms. The van der Waals surface area contributed by atoms with E-state index in [-0.39, 0.29) is 11.5 Å². The molecule has 1 heterocycles. The van der Waals surface area contributed by atoms with E-state index in [9.17, 15) is 13.2 Å². The Bertz CT molecular complexity index is 934. The molecule has 0 spiro atoms. The Labute approximate surface area is 172 Å². The van der Waals surface area contributed by atoms with Gasteiger partial charge in [-0.15, -0.1) is 0 Å². The lowest BCUT2D eigenvalue weighted by Crippen LogP contribution is -2.40. The molecular formula is C20H20BrNO5S. The van der Waals surface area contributed by atoms with E-state index < -0.39 is 16.0 Å². The summed E-state index contributed by atoms with van der Waals surface area (Å²) in [6.07, 6.45) is 2.92. The van der Waals surface area contributed by atoms with Crippen LogP contribution in [0, 0.1) is 0 Å². The van der Waals surface area contributed by atoms with Crippen molar-refractivity contribution >= 4 is 38.0 Å². The van der Waals surface area contributed by atoms with Gasteiger partial charge in [-0.3, -0.25) is 0 Å². The predicted molar refractivity (Wildman–Crippen MR) is 109 cm³/mol. The van der Waals surface area contributed by atoms with Gasteiger partial charge in [-0.1, -0.05) is 40.2 Å². The van der Waals surface area contributed by atoms with Gasteiger partial charge in [0.15, 0.2) is 0 Å². The fourth-order valence-electron chi connectivity index (χ4n) is 2.63. The van der Waals surface area contributed by atoms with E-state index in [2.05, 4.69) is 15.9 Å². The average molecular weight is 466 g/mol. The maximum absolute atomic E-state index is 12.6. The quantitative estimate of drug-likeness (QED) is 0.483. The maximum atomic E-state index is 12.6. The number of carbonyl (C=O) groups is 1. The molecule has 0 unspecified atom stereocenters. The lowest BCUT2D eigenvalue weighted by molar-refractivity contribution is -0.138. The van der Waals surface area contributed by atoms with Crippen molar-refractivity contribution in [3.8, 4) is 0 Å². The predicted octanol–water partition coefficient (Wildman–Crippen LogP) is 3.23. The van der Waals surface area contributed by atoms with E-state index in [1.807, 2.05) is 24.3 Å². The summed E-state index contributed by atoms with van der Waals surface area (Å²) in [5.41, 5.74) is 1.60. The Hall–Kier alpha value is -2.00. The Kier molecular flexibility index (Phi) is 7.01. The molecule has 0 aromatic heterocycles. The highest BCUT2D eigenvalue weighted by atomic mass is 79.9. The zero-order valence-corrected chi connectivity index (χ0v) is 17.5. The molecule has 6 nitrogen and oxygen atoms in total. The Balaban J connectivity index is 1.57. The molecule has 148 valence electrons. The van der Waals surface area contributed by atoms with Crippen LogP contribution in [0.3, 0.4) is 0 Å². The summed E-state index contributed by atoms with van der Waals surface area (Å²) < 4.78 is 37.9. The van der Waals surface area contributed by atoms with Gasteiger partial charge >= 0.3 is 5.97 Å². The number of ether oxygens (including phenoxy) is 2. The summed E-state index contributed by atoms with van der Waals surface area (Å²) in [6.45, 7) is 1.71. The first-order valence-electron chi connectivity index (χ1n) is 8.72. The summed E-state index contributed by atoms with van der Waals surface area (Å²) in [4.78, 5) is 12.1. The molecule has 2 aromatic rings. The second-order valence-electron chi connectivity index (χ2n) is 6.15. The zero-order valence-electron chi connectivity index (χ0n) is 15.1. The van der Waals surface area contributed by atoms with Gasteiger partial charge in [0.1, 0.15) is 6.61 Å². The highest BCUT2D eigenvalue weighted by Gasteiger charge is 2.25. The van der Waals surface area contributed by atoms with Crippen LogP contribution in [0.2, 0.25) is 0 Å². The van der Waals surface area contributed by atoms with Crippen LogP contribution >= 0.6 is 15.9 Å². The monoisotopic (exact) mass is 465 g/mol. The van der Waals surface area contributed by atoms with Crippen molar-refractivity contribution in [2.75, 3.05) is 26.3 Å². The number of esters is 1. The molecule has 0 bridgehead atoms. The normalized spacial score (nSPS) is 15.6. The van der Waals surface area contributed by atoms with Crippen molar-refractivity contribution < 1.29 is 22.7 Å². The summed E-state index contributed by atoms with van der Waals surface area (Å²) in [7, 11) is -3.52. The molecule has 2 aromatic carbocycles. The molecule has 1 aliphatic rings. The van der Waals surface area contributed by atoms with Crippen LogP contribution in [0.25, 0.3) is 6.08 Å². The van der Waals surface area contributed by atoms with Crippen molar-refractivity contribution in [3.63, 3.8) is 0 Å². The van der Waals surface area contributed by atoms with Crippen LogP contribution in [0.5, 0.6) is 0 Å². The van der Waals surface area contributed by atoms with Crippen LogP contribution in [0.15, 0.2) is 64.0 Å². The fourth-order valence-corrected chi connectivity index (χ4v) is 4.31. The number of halogens is 1. The van der Waals surface area contributed by atoms with Crippen LogP contribution in [-0.4, -0.2) is 45.0 Å². The lowest BCUT2D eigenvalue weighted by Gasteiger charge is -2.26. The Morgan fingerprint density at radius 1 is 1.07 bits per heavy atom. The fraction of sp³-hybridized carbons (Fsp3) is 0.250. The number of sulfonamides is 1. The topological polar surface area (TPSA) is 72.9 Å². The number of hydrogen-bond acceptors (Lipinski definition) is 5. The smallest absolute Gasteiger partial charge is 0.331 e. The summed E-state index contributed by atoms with van der Waals surface area (Å²) in [5, 5.41) is 0. The van der Waals surface area contributed by atoms with Gasteiger partial charge in [0.2, 0.25) is 10.0 Å². The van der Waals surface area contributed by atoms with Crippen molar-refractivity contribution in [1.29, 1.82) is 0 Å². The molecule has 3 rings (SSSR count). The first kappa shape index (κ1) is 20.7. The van der Waals surface area contributed by atoms with Crippen molar-refractivity contribution in [2.24, 2.45) is 0 Å². The van der Waals surface area contributed by atoms with E-state index in [0.29, 0.717) is 31.9 Å². The molecule has 8 heteroatoms. The second-order valence-corrected chi connectivity index (χ2v) is 9.01. The summed E-state index contributed by atoms with van der Waals surface area (Å²) in [5.74, 6) is -0.465. The molecule has 0 atom stereocenters.